The molecule has 0 bridgehead atoms. The molecule has 1 aromatic heterocycles. The van der Waals surface area contributed by atoms with Gasteiger partial charge < -0.3 is 10.5 Å². The summed E-state index contributed by atoms with van der Waals surface area (Å²) in [7, 11) is 0. The molecular weight excluding hydrogens is 230 g/mol. The molecule has 2 atom stereocenters. The van der Waals surface area contributed by atoms with Gasteiger partial charge in [-0.15, -0.1) is 5.10 Å². The Hall–Kier alpha value is -1.01. The van der Waals surface area contributed by atoms with E-state index < -0.39 is 0 Å². The van der Waals surface area contributed by atoms with Crippen LogP contribution in [0.3, 0.4) is 0 Å². The van der Waals surface area contributed by atoms with Crippen molar-refractivity contribution >= 4 is 0 Å². The molecule has 0 radical (unpaired) electrons. The highest BCUT2D eigenvalue weighted by Gasteiger charge is 2.41. The molecule has 0 aliphatic heterocycles. The molecule has 2 N–H and O–H groups in total. The minimum absolute atomic E-state index is 0.314. The first-order valence-electron chi connectivity index (χ1n) is 6.82. The lowest BCUT2D eigenvalue weighted by Gasteiger charge is -2.38. The molecule has 1 aromatic rings. The van der Waals surface area contributed by atoms with Crippen LogP contribution in [-0.2, 0) is 16.9 Å². The van der Waals surface area contributed by atoms with Crippen LogP contribution in [0, 0.1) is 5.92 Å². The van der Waals surface area contributed by atoms with E-state index in [-0.39, 0.29) is 5.60 Å². The van der Waals surface area contributed by atoms with E-state index >= 15 is 0 Å². The summed E-state index contributed by atoms with van der Waals surface area (Å²) in [5, 5.41) is 12.0. The van der Waals surface area contributed by atoms with Crippen LogP contribution in [0.25, 0.3) is 0 Å². The van der Waals surface area contributed by atoms with E-state index in [2.05, 4.69) is 22.4 Å². The molecule has 0 amide bonds. The molecule has 1 aliphatic rings. The van der Waals surface area contributed by atoms with Gasteiger partial charge in [-0.1, -0.05) is 13.3 Å². The molecule has 0 saturated heterocycles. The SMILES string of the molecule is CCOC1(c2nnnn2CCN)CCCC(C)C1. The highest BCUT2D eigenvalue weighted by Crippen LogP contribution is 2.41. The van der Waals surface area contributed by atoms with Crippen molar-refractivity contribution in [3.63, 3.8) is 0 Å². The number of hydrogen-bond acceptors (Lipinski definition) is 5. The Morgan fingerprint density at radius 1 is 1.56 bits per heavy atom. The van der Waals surface area contributed by atoms with Crippen molar-refractivity contribution < 1.29 is 4.74 Å². The molecule has 2 unspecified atom stereocenters. The number of rotatable bonds is 5. The summed E-state index contributed by atoms with van der Waals surface area (Å²) in [6.45, 7) is 6.16. The highest BCUT2D eigenvalue weighted by atomic mass is 16.5. The molecule has 1 saturated carbocycles. The zero-order valence-corrected chi connectivity index (χ0v) is 11.3. The minimum Gasteiger partial charge on any atom is -0.367 e. The van der Waals surface area contributed by atoms with E-state index in [0.29, 0.717) is 25.6 Å². The molecule has 6 nitrogen and oxygen atoms in total. The number of nitrogens with zero attached hydrogens (tertiary/aromatic N) is 4. The average molecular weight is 253 g/mol. The minimum atomic E-state index is -0.314. The van der Waals surface area contributed by atoms with Gasteiger partial charge in [0.1, 0.15) is 5.60 Å². The van der Waals surface area contributed by atoms with Gasteiger partial charge in [0.15, 0.2) is 5.82 Å². The zero-order valence-electron chi connectivity index (χ0n) is 11.3. The molecule has 18 heavy (non-hydrogen) atoms. The standard InChI is InChI=1S/C12H23N5O/c1-3-18-12(6-4-5-10(2)9-12)11-14-15-16-17(11)8-7-13/h10H,3-9,13H2,1-2H3. The van der Waals surface area contributed by atoms with Gasteiger partial charge in [-0.05, 0) is 42.5 Å². The first-order valence-corrected chi connectivity index (χ1v) is 6.82. The van der Waals surface area contributed by atoms with Gasteiger partial charge in [-0.3, -0.25) is 0 Å². The van der Waals surface area contributed by atoms with Gasteiger partial charge >= 0.3 is 0 Å². The summed E-state index contributed by atoms with van der Waals surface area (Å²) in [4.78, 5) is 0. The zero-order chi connectivity index (χ0) is 13.0. The predicted octanol–water partition coefficient (Wildman–Crippen LogP) is 1.07. The second kappa shape index (κ2) is 5.75. The maximum absolute atomic E-state index is 6.07. The van der Waals surface area contributed by atoms with Crippen LogP contribution in [0.2, 0.25) is 0 Å². The Morgan fingerprint density at radius 2 is 2.39 bits per heavy atom. The smallest absolute Gasteiger partial charge is 0.183 e. The molecule has 0 aromatic carbocycles. The predicted molar refractivity (Wildman–Crippen MR) is 67.8 cm³/mol. The van der Waals surface area contributed by atoms with E-state index in [0.717, 1.165) is 25.1 Å². The Labute approximate surface area is 108 Å². The molecule has 6 heteroatoms. The Morgan fingerprint density at radius 3 is 3.06 bits per heavy atom. The number of hydrogen-bond donors (Lipinski definition) is 1. The van der Waals surface area contributed by atoms with E-state index in [1.54, 1.807) is 4.68 Å². The van der Waals surface area contributed by atoms with Crippen molar-refractivity contribution in [3.8, 4) is 0 Å². The van der Waals surface area contributed by atoms with Crippen LogP contribution >= 0.6 is 0 Å². The molecule has 1 fully saturated rings. The third kappa shape index (κ3) is 2.54. The van der Waals surface area contributed by atoms with Crippen molar-refractivity contribution in [1.29, 1.82) is 0 Å². The van der Waals surface area contributed by atoms with Gasteiger partial charge in [0.05, 0.1) is 6.54 Å². The van der Waals surface area contributed by atoms with Crippen molar-refractivity contribution in [2.45, 2.75) is 51.7 Å². The molecule has 1 heterocycles. The Kier molecular flexibility index (Phi) is 4.29. The number of tetrazole rings is 1. The van der Waals surface area contributed by atoms with Crippen LogP contribution in [0.5, 0.6) is 0 Å². The van der Waals surface area contributed by atoms with Crippen LogP contribution in [-0.4, -0.2) is 33.4 Å². The maximum atomic E-state index is 6.07. The van der Waals surface area contributed by atoms with E-state index in [4.69, 9.17) is 10.5 Å². The van der Waals surface area contributed by atoms with E-state index in [1.807, 2.05) is 6.92 Å². The van der Waals surface area contributed by atoms with Crippen LogP contribution in [0.1, 0.15) is 45.4 Å². The third-order valence-corrected chi connectivity index (χ3v) is 3.66. The highest BCUT2D eigenvalue weighted by molar-refractivity contribution is 5.03. The van der Waals surface area contributed by atoms with E-state index in [1.165, 1.54) is 6.42 Å². The lowest BCUT2D eigenvalue weighted by Crippen LogP contribution is -2.38. The molecule has 102 valence electrons. The summed E-state index contributed by atoms with van der Waals surface area (Å²) in [5.41, 5.74) is 5.29. The first-order chi connectivity index (χ1) is 8.72. The van der Waals surface area contributed by atoms with Crippen molar-refractivity contribution in [3.05, 3.63) is 5.82 Å². The molecule has 1 aliphatic carbocycles. The fraction of sp³-hybridized carbons (Fsp3) is 0.917. The molecule has 0 spiro atoms. The quantitative estimate of drug-likeness (QED) is 0.849. The monoisotopic (exact) mass is 253 g/mol. The van der Waals surface area contributed by atoms with Crippen LogP contribution in [0.4, 0.5) is 0 Å². The van der Waals surface area contributed by atoms with Gasteiger partial charge in [-0.2, -0.15) is 0 Å². The maximum Gasteiger partial charge on any atom is 0.183 e. The normalized spacial score (nSPS) is 28.5. The Bertz CT molecular complexity index is 376. The van der Waals surface area contributed by atoms with Crippen molar-refractivity contribution in [1.82, 2.24) is 20.2 Å². The van der Waals surface area contributed by atoms with Gasteiger partial charge in [-0.25, -0.2) is 4.68 Å². The fourth-order valence-corrected chi connectivity index (χ4v) is 2.98. The second-order valence-electron chi connectivity index (χ2n) is 5.14. The lowest BCUT2D eigenvalue weighted by molar-refractivity contribution is -0.0908. The summed E-state index contributed by atoms with van der Waals surface area (Å²) in [6, 6.07) is 0. The summed E-state index contributed by atoms with van der Waals surface area (Å²) < 4.78 is 7.87. The summed E-state index contributed by atoms with van der Waals surface area (Å²) in [6.07, 6.45) is 4.41. The van der Waals surface area contributed by atoms with Gasteiger partial charge in [0.25, 0.3) is 0 Å². The second-order valence-corrected chi connectivity index (χ2v) is 5.14. The topological polar surface area (TPSA) is 78.9 Å². The van der Waals surface area contributed by atoms with Crippen molar-refractivity contribution in [2.24, 2.45) is 11.7 Å². The average Bonchev–Trinajstić information content (AvgIpc) is 2.79. The van der Waals surface area contributed by atoms with Gasteiger partial charge in [0, 0.05) is 13.2 Å². The Balaban J connectivity index is 2.30. The molecular formula is C12H23N5O. The number of ether oxygens (including phenoxy) is 1. The first kappa shape index (κ1) is 13.4. The molecule has 2 rings (SSSR count). The fourth-order valence-electron chi connectivity index (χ4n) is 2.98. The van der Waals surface area contributed by atoms with Gasteiger partial charge in [0.2, 0.25) is 0 Å². The summed E-state index contributed by atoms with van der Waals surface area (Å²) in [5.74, 6) is 1.50. The lowest BCUT2D eigenvalue weighted by atomic mass is 9.78. The van der Waals surface area contributed by atoms with Crippen LogP contribution in [0.15, 0.2) is 0 Å². The van der Waals surface area contributed by atoms with Crippen molar-refractivity contribution in [2.75, 3.05) is 13.2 Å². The third-order valence-electron chi connectivity index (χ3n) is 3.66. The summed E-state index contributed by atoms with van der Waals surface area (Å²) >= 11 is 0. The largest absolute Gasteiger partial charge is 0.367 e. The number of nitrogens with two attached hydrogens (primary N) is 1. The van der Waals surface area contributed by atoms with Crippen LogP contribution < -0.4 is 5.73 Å². The number of aromatic nitrogens is 4. The van der Waals surface area contributed by atoms with E-state index in [9.17, 15) is 0 Å².